The molecule has 0 aromatic carbocycles. The molecule has 1 aliphatic carbocycles. The van der Waals surface area contributed by atoms with Crippen molar-refractivity contribution in [1.82, 2.24) is 4.90 Å². The molecule has 1 heterocycles. The van der Waals surface area contributed by atoms with Crippen LogP contribution in [0.1, 0.15) is 52.9 Å². The van der Waals surface area contributed by atoms with Gasteiger partial charge in [0.05, 0.1) is 12.1 Å². The predicted molar refractivity (Wildman–Crippen MR) is 69.3 cm³/mol. The Morgan fingerprint density at radius 1 is 1.28 bits per heavy atom. The van der Waals surface area contributed by atoms with Gasteiger partial charge in [0.25, 0.3) is 0 Å². The van der Waals surface area contributed by atoms with Crippen LogP contribution in [0.5, 0.6) is 0 Å². The number of ether oxygens (including phenoxy) is 1. The smallest absolute Gasteiger partial charge is 0.410 e. The van der Waals surface area contributed by atoms with Crippen molar-refractivity contribution in [2.24, 2.45) is 5.92 Å². The molecule has 0 aromatic rings. The summed E-state index contributed by atoms with van der Waals surface area (Å²) in [5.74, 6) is 0.387. The van der Waals surface area contributed by atoms with Crippen LogP contribution in [0.15, 0.2) is 0 Å². The van der Waals surface area contributed by atoms with Gasteiger partial charge in [-0.25, -0.2) is 4.79 Å². The molecule has 2 unspecified atom stereocenters. The SMILES string of the molecule is CC(C)(C)OC(=O)N1CCCC1C(O)C1CCC1. The molecule has 2 fully saturated rings. The molecule has 1 amide bonds. The molecule has 1 aliphatic heterocycles. The maximum absolute atomic E-state index is 12.1. The zero-order valence-electron chi connectivity index (χ0n) is 11.7. The van der Waals surface area contributed by atoms with Crippen LogP contribution in [-0.4, -0.2) is 40.4 Å². The van der Waals surface area contributed by atoms with E-state index < -0.39 is 5.60 Å². The quantitative estimate of drug-likeness (QED) is 0.825. The first-order chi connectivity index (χ1) is 8.38. The van der Waals surface area contributed by atoms with Crippen LogP contribution >= 0.6 is 0 Å². The zero-order chi connectivity index (χ0) is 13.3. The first kappa shape index (κ1) is 13.7. The second kappa shape index (κ2) is 5.08. The minimum atomic E-state index is -0.467. The number of rotatable bonds is 2. The molecule has 0 bridgehead atoms. The number of aliphatic hydroxyl groups excluding tert-OH is 1. The van der Waals surface area contributed by atoms with E-state index in [0.29, 0.717) is 12.5 Å². The minimum absolute atomic E-state index is 0.0369. The summed E-state index contributed by atoms with van der Waals surface area (Å²) in [7, 11) is 0. The lowest BCUT2D eigenvalue weighted by Crippen LogP contribution is -2.48. The van der Waals surface area contributed by atoms with Crippen LogP contribution in [0.2, 0.25) is 0 Å². The van der Waals surface area contributed by atoms with Gasteiger partial charge in [-0.15, -0.1) is 0 Å². The zero-order valence-corrected chi connectivity index (χ0v) is 11.7. The Kier molecular flexibility index (Phi) is 3.85. The summed E-state index contributed by atoms with van der Waals surface area (Å²) in [6.45, 7) is 6.33. The van der Waals surface area contributed by atoms with Gasteiger partial charge < -0.3 is 14.7 Å². The molecule has 0 spiro atoms. The van der Waals surface area contributed by atoms with E-state index in [0.717, 1.165) is 25.7 Å². The Morgan fingerprint density at radius 2 is 1.94 bits per heavy atom. The minimum Gasteiger partial charge on any atom is -0.444 e. The fraction of sp³-hybridized carbons (Fsp3) is 0.929. The third-order valence-electron chi connectivity index (χ3n) is 3.95. The van der Waals surface area contributed by atoms with E-state index in [1.54, 1.807) is 4.90 Å². The van der Waals surface area contributed by atoms with Crippen molar-refractivity contribution in [2.75, 3.05) is 6.54 Å². The summed E-state index contributed by atoms with van der Waals surface area (Å²) in [5.41, 5.74) is -0.467. The highest BCUT2D eigenvalue weighted by atomic mass is 16.6. The monoisotopic (exact) mass is 255 g/mol. The molecule has 0 aromatic heterocycles. The van der Waals surface area contributed by atoms with Crippen LogP contribution in [0.3, 0.4) is 0 Å². The van der Waals surface area contributed by atoms with Gasteiger partial charge >= 0.3 is 6.09 Å². The number of likely N-dealkylation sites (tertiary alicyclic amines) is 1. The van der Waals surface area contributed by atoms with Gasteiger partial charge in [-0.3, -0.25) is 0 Å². The van der Waals surface area contributed by atoms with E-state index in [2.05, 4.69) is 0 Å². The lowest BCUT2D eigenvalue weighted by atomic mass is 9.78. The van der Waals surface area contributed by atoms with E-state index in [1.807, 2.05) is 20.8 Å². The number of aliphatic hydroxyl groups is 1. The Balaban J connectivity index is 1.96. The summed E-state index contributed by atoms with van der Waals surface area (Å²) >= 11 is 0. The molecule has 4 nitrogen and oxygen atoms in total. The second-order valence-corrected chi connectivity index (χ2v) is 6.56. The average molecular weight is 255 g/mol. The Morgan fingerprint density at radius 3 is 2.44 bits per heavy atom. The molecule has 2 aliphatic rings. The average Bonchev–Trinajstić information content (AvgIpc) is 2.59. The van der Waals surface area contributed by atoms with E-state index in [1.165, 1.54) is 6.42 Å². The van der Waals surface area contributed by atoms with Crippen molar-refractivity contribution >= 4 is 6.09 Å². The van der Waals surface area contributed by atoms with Crippen LogP contribution in [-0.2, 0) is 4.74 Å². The molecule has 104 valence electrons. The maximum atomic E-state index is 12.1. The highest BCUT2D eigenvalue weighted by molar-refractivity contribution is 5.69. The fourth-order valence-electron chi connectivity index (χ4n) is 2.79. The number of hydrogen-bond donors (Lipinski definition) is 1. The van der Waals surface area contributed by atoms with E-state index in [4.69, 9.17) is 4.74 Å². The van der Waals surface area contributed by atoms with Crippen molar-refractivity contribution < 1.29 is 14.6 Å². The van der Waals surface area contributed by atoms with Gasteiger partial charge in [0.15, 0.2) is 0 Å². The van der Waals surface area contributed by atoms with Gasteiger partial charge in [0.2, 0.25) is 0 Å². The van der Waals surface area contributed by atoms with Crippen LogP contribution in [0.4, 0.5) is 4.79 Å². The van der Waals surface area contributed by atoms with Gasteiger partial charge in [-0.2, -0.15) is 0 Å². The Bertz CT molecular complexity index is 307. The van der Waals surface area contributed by atoms with Gasteiger partial charge in [0, 0.05) is 6.54 Å². The van der Waals surface area contributed by atoms with Crippen LogP contribution < -0.4 is 0 Å². The Hall–Kier alpha value is -0.770. The molecule has 1 saturated carbocycles. The predicted octanol–water partition coefficient (Wildman–Crippen LogP) is 2.55. The van der Waals surface area contributed by atoms with Crippen molar-refractivity contribution in [2.45, 2.75) is 70.6 Å². The molecular weight excluding hydrogens is 230 g/mol. The summed E-state index contributed by atoms with van der Waals surface area (Å²) in [6, 6.07) is -0.0369. The number of nitrogens with zero attached hydrogens (tertiary/aromatic N) is 1. The highest BCUT2D eigenvalue weighted by Crippen LogP contribution is 2.35. The normalized spacial score (nSPS) is 26.9. The summed E-state index contributed by atoms with van der Waals surface area (Å²) in [5, 5.41) is 10.3. The molecule has 2 atom stereocenters. The van der Waals surface area contributed by atoms with Crippen molar-refractivity contribution in [3.63, 3.8) is 0 Å². The molecule has 1 saturated heterocycles. The topological polar surface area (TPSA) is 49.8 Å². The standard InChI is InChI=1S/C14H25NO3/c1-14(2,3)18-13(17)15-9-5-8-11(15)12(16)10-6-4-7-10/h10-12,16H,4-9H2,1-3H3. The lowest BCUT2D eigenvalue weighted by Gasteiger charge is -2.37. The highest BCUT2D eigenvalue weighted by Gasteiger charge is 2.40. The van der Waals surface area contributed by atoms with E-state index in [-0.39, 0.29) is 18.2 Å². The number of carbonyl (C=O) groups excluding carboxylic acids is 1. The third-order valence-corrected chi connectivity index (χ3v) is 3.95. The van der Waals surface area contributed by atoms with Crippen LogP contribution in [0, 0.1) is 5.92 Å². The van der Waals surface area contributed by atoms with Crippen molar-refractivity contribution in [3.05, 3.63) is 0 Å². The maximum Gasteiger partial charge on any atom is 0.410 e. The molecule has 0 radical (unpaired) electrons. The number of hydrogen-bond acceptors (Lipinski definition) is 3. The number of carbonyl (C=O) groups is 1. The second-order valence-electron chi connectivity index (χ2n) is 6.56. The first-order valence-electron chi connectivity index (χ1n) is 7.06. The molecular formula is C14H25NO3. The summed E-state index contributed by atoms with van der Waals surface area (Å²) < 4.78 is 5.41. The summed E-state index contributed by atoms with van der Waals surface area (Å²) in [4.78, 5) is 13.8. The van der Waals surface area contributed by atoms with Crippen molar-refractivity contribution in [1.29, 1.82) is 0 Å². The van der Waals surface area contributed by atoms with E-state index >= 15 is 0 Å². The van der Waals surface area contributed by atoms with Gasteiger partial charge in [-0.05, 0) is 52.4 Å². The molecule has 4 heteroatoms. The van der Waals surface area contributed by atoms with Gasteiger partial charge in [0.1, 0.15) is 5.60 Å². The first-order valence-corrected chi connectivity index (χ1v) is 7.06. The largest absolute Gasteiger partial charge is 0.444 e. The molecule has 18 heavy (non-hydrogen) atoms. The van der Waals surface area contributed by atoms with E-state index in [9.17, 15) is 9.90 Å². The van der Waals surface area contributed by atoms with Gasteiger partial charge in [-0.1, -0.05) is 6.42 Å². The number of amides is 1. The lowest BCUT2D eigenvalue weighted by molar-refractivity contribution is -0.0206. The van der Waals surface area contributed by atoms with Crippen LogP contribution in [0.25, 0.3) is 0 Å². The molecule has 2 rings (SSSR count). The summed E-state index contributed by atoms with van der Waals surface area (Å²) in [6.07, 6.45) is 4.63. The van der Waals surface area contributed by atoms with Crippen molar-refractivity contribution in [3.8, 4) is 0 Å². The fourth-order valence-corrected chi connectivity index (χ4v) is 2.79. The molecule has 1 N–H and O–H groups in total. The third kappa shape index (κ3) is 2.97. The Labute approximate surface area is 109 Å².